The number of aromatic nitrogens is 4. The van der Waals surface area contributed by atoms with E-state index in [-0.39, 0.29) is 30.1 Å². The Balaban J connectivity index is 1.40. The summed E-state index contributed by atoms with van der Waals surface area (Å²) in [4.78, 5) is 60.1. The number of hydrogen-bond donors (Lipinski definition) is 2. The quantitative estimate of drug-likeness (QED) is 0.352. The second-order valence-electron chi connectivity index (χ2n) is 8.56. The minimum absolute atomic E-state index is 0.0412. The van der Waals surface area contributed by atoms with E-state index in [2.05, 4.69) is 20.3 Å². The smallest absolute Gasteiger partial charge is 0.338 e. The molecule has 194 valence electrons. The average Bonchev–Trinajstić information content (AvgIpc) is 3.52. The van der Waals surface area contributed by atoms with Crippen LogP contribution >= 0.6 is 0 Å². The van der Waals surface area contributed by atoms with Crippen LogP contribution in [0.5, 0.6) is 0 Å². The Morgan fingerprint density at radius 1 is 1.05 bits per heavy atom. The lowest BCUT2D eigenvalue weighted by molar-refractivity contribution is -0.114. The maximum atomic E-state index is 12.8. The molecule has 3 heterocycles. The zero-order valence-electron chi connectivity index (χ0n) is 20.2. The maximum absolute atomic E-state index is 12.8. The summed E-state index contributed by atoms with van der Waals surface area (Å²) in [6.07, 6.45) is -0.806. The molecule has 0 radical (unpaired) electrons. The molecule has 0 bridgehead atoms. The van der Waals surface area contributed by atoms with Gasteiger partial charge >= 0.3 is 11.9 Å². The number of nitrogens with zero attached hydrogens (tertiary/aromatic N) is 3. The fourth-order valence-corrected chi connectivity index (χ4v) is 4.10. The van der Waals surface area contributed by atoms with Crippen LogP contribution in [-0.4, -0.2) is 56.2 Å². The first-order valence-electron chi connectivity index (χ1n) is 11.8. The van der Waals surface area contributed by atoms with E-state index >= 15 is 0 Å². The number of esters is 2. The van der Waals surface area contributed by atoms with E-state index in [1.54, 1.807) is 60.7 Å². The number of anilines is 1. The fraction of sp³-hybridized carbons (Fsp3) is 0.231. The maximum Gasteiger partial charge on any atom is 0.338 e. The van der Waals surface area contributed by atoms with Crippen LogP contribution in [0.1, 0.15) is 40.3 Å². The van der Waals surface area contributed by atoms with Gasteiger partial charge in [-0.15, -0.1) is 0 Å². The van der Waals surface area contributed by atoms with Crippen LogP contribution in [0.15, 0.2) is 71.8 Å². The van der Waals surface area contributed by atoms with Crippen LogP contribution in [0.4, 0.5) is 5.95 Å². The van der Waals surface area contributed by atoms with Crippen LogP contribution in [0, 0.1) is 0 Å². The first-order chi connectivity index (χ1) is 18.4. The monoisotopic (exact) mass is 517 g/mol. The number of aromatic amines is 1. The molecule has 1 amide bonds. The van der Waals surface area contributed by atoms with E-state index in [1.807, 2.05) is 0 Å². The minimum atomic E-state index is -0.811. The van der Waals surface area contributed by atoms with Gasteiger partial charge in [-0.05, 0) is 24.3 Å². The number of benzene rings is 2. The summed E-state index contributed by atoms with van der Waals surface area (Å²) in [6.45, 7) is 1.10. The van der Waals surface area contributed by atoms with Crippen LogP contribution in [-0.2, 0) is 19.0 Å². The summed E-state index contributed by atoms with van der Waals surface area (Å²) >= 11 is 0. The molecule has 1 fully saturated rings. The van der Waals surface area contributed by atoms with Crippen molar-refractivity contribution in [1.29, 1.82) is 0 Å². The van der Waals surface area contributed by atoms with Crippen molar-refractivity contribution in [3.05, 3.63) is 88.5 Å². The van der Waals surface area contributed by atoms with Crippen molar-refractivity contribution < 1.29 is 28.6 Å². The Hall–Kier alpha value is -4.84. The van der Waals surface area contributed by atoms with Crippen LogP contribution in [0.25, 0.3) is 11.2 Å². The molecule has 38 heavy (non-hydrogen) atoms. The van der Waals surface area contributed by atoms with E-state index in [4.69, 9.17) is 14.2 Å². The van der Waals surface area contributed by atoms with Gasteiger partial charge in [0, 0.05) is 13.3 Å². The highest BCUT2D eigenvalue weighted by atomic mass is 16.6. The number of carbonyl (C=O) groups is 3. The van der Waals surface area contributed by atoms with Crippen molar-refractivity contribution in [2.45, 2.75) is 31.8 Å². The lowest BCUT2D eigenvalue weighted by atomic mass is 10.1. The number of hydrogen-bond acceptors (Lipinski definition) is 9. The topological polar surface area (TPSA) is 155 Å². The summed E-state index contributed by atoms with van der Waals surface area (Å²) in [6, 6.07) is 17.0. The first-order valence-corrected chi connectivity index (χ1v) is 11.8. The molecule has 1 saturated heterocycles. The molecule has 0 aliphatic carbocycles. The molecule has 2 aromatic carbocycles. The number of amides is 1. The van der Waals surface area contributed by atoms with Crippen molar-refractivity contribution in [3.8, 4) is 0 Å². The van der Waals surface area contributed by atoms with Crippen molar-refractivity contribution in [1.82, 2.24) is 19.5 Å². The van der Waals surface area contributed by atoms with Crippen molar-refractivity contribution in [3.63, 3.8) is 0 Å². The Kier molecular flexibility index (Phi) is 6.96. The largest absolute Gasteiger partial charge is 0.459 e. The number of rotatable bonds is 7. The number of imidazole rings is 1. The van der Waals surface area contributed by atoms with Gasteiger partial charge < -0.3 is 14.2 Å². The van der Waals surface area contributed by atoms with Gasteiger partial charge in [-0.1, -0.05) is 36.4 Å². The van der Waals surface area contributed by atoms with Gasteiger partial charge in [0.05, 0.1) is 17.5 Å². The minimum Gasteiger partial charge on any atom is -0.459 e. The number of fused-ring (bicyclic) bond motifs is 1. The molecule has 12 heteroatoms. The van der Waals surface area contributed by atoms with Gasteiger partial charge in [-0.3, -0.25) is 24.5 Å². The summed E-state index contributed by atoms with van der Waals surface area (Å²) in [5.41, 5.74) is 0.388. The molecule has 0 saturated carbocycles. The lowest BCUT2D eigenvalue weighted by Gasteiger charge is -2.19. The highest BCUT2D eigenvalue weighted by Gasteiger charge is 2.40. The molecule has 1 aliphatic heterocycles. The Morgan fingerprint density at radius 2 is 1.71 bits per heavy atom. The third-order valence-electron chi connectivity index (χ3n) is 5.87. The average molecular weight is 517 g/mol. The molecule has 0 unspecified atom stereocenters. The number of nitrogens with one attached hydrogen (secondary N) is 2. The molecule has 2 N–H and O–H groups in total. The predicted molar refractivity (Wildman–Crippen MR) is 133 cm³/mol. The molecule has 3 atom stereocenters. The van der Waals surface area contributed by atoms with Crippen LogP contribution in [0.3, 0.4) is 0 Å². The van der Waals surface area contributed by atoms with Crippen molar-refractivity contribution in [2.75, 3.05) is 11.9 Å². The Labute approximate surface area is 215 Å². The Bertz CT molecular complexity index is 1530. The van der Waals surface area contributed by atoms with Crippen LogP contribution in [0.2, 0.25) is 0 Å². The van der Waals surface area contributed by atoms with E-state index in [0.29, 0.717) is 11.1 Å². The zero-order chi connectivity index (χ0) is 26.6. The molecule has 2 aromatic heterocycles. The third-order valence-corrected chi connectivity index (χ3v) is 5.87. The highest BCUT2D eigenvalue weighted by Crippen LogP contribution is 2.33. The van der Waals surface area contributed by atoms with Gasteiger partial charge in [0.1, 0.15) is 25.0 Å². The summed E-state index contributed by atoms with van der Waals surface area (Å²) in [5, 5.41) is 2.44. The molecule has 1 aliphatic rings. The fourth-order valence-electron chi connectivity index (χ4n) is 4.10. The summed E-state index contributed by atoms with van der Waals surface area (Å²) in [7, 11) is 0. The van der Waals surface area contributed by atoms with Crippen molar-refractivity contribution in [2.24, 2.45) is 0 Å². The standard InChI is InChI=1S/C26H23N5O7/c1-15(32)28-26-29-22-21(23(33)30-26)27-14-31(22)20-12-18(38-25(35)17-10-6-3-7-11-17)19(37-20)13-36-24(34)16-8-4-2-5-9-16/h2-11,14,18-20H,12-13H2,1H3,(H2,28,29,30,32,33)/t18-,19+,20+/m0/s1. The van der Waals surface area contributed by atoms with Gasteiger partial charge in [0.25, 0.3) is 5.56 Å². The molecule has 0 spiro atoms. The second kappa shape index (κ2) is 10.6. The molecule has 12 nitrogen and oxygen atoms in total. The highest BCUT2D eigenvalue weighted by molar-refractivity contribution is 5.90. The van der Waals surface area contributed by atoms with Gasteiger partial charge in [-0.25, -0.2) is 14.6 Å². The van der Waals surface area contributed by atoms with Crippen LogP contribution < -0.4 is 10.9 Å². The number of H-pyrrole nitrogens is 1. The van der Waals surface area contributed by atoms with E-state index in [9.17, 15) is 19.2 Å². The summed E-state index contributed by atoms with van der Waals surface area (Å²) < 4.78 is 18.9. The van der Waals surface area contributed by atoms with E-state index < -0.39 is 41.8 Å². The van der Waals surface area contributed by atoms with Gasteiger partial charge in [0.15, 0.2) is 11.2 Å². The SMILES string of the molecule is CC(=O)Nc1nc2c(ncn2[C@H]2C[C@H](OC(=O)c3ccccc3)[C@@H](COC(=O)c3ccccc3)O2)c(=O)[nH]1. The van der Waals surface area contributed by atoms with Gasteiger partial charge in [-0.2, -0.15) is 4.98 Å². The van der Waals surface area contributed by atoms with E-state index in [0.717, 1.165) is 0 Å². The van der Waals surface area contributed by atoms with Gasteiger partial charge in [0.2, 0.25) is 11.9 Å². The first kappa shape index (κ1) is 24.8. The number of ether oxygens (including phenoxy) is 3. The summed E-state index contributed by atoms with van der Waals surface area (Å²) in [5.74, 6) is -1.57. The molecule has 4 aromatic rings. The molecule has 5 rings (SSSR count). The lowest BCUT2D eigenvalue weighted by Crippen LogP contribution is -2.32. The molecular formula is C26H23N5O7. The predicted octanol–water partition coefficient (Wildman–Crippen LogP) is 2.45. The zero-order valence-corrected chi connectivity index (χ0v) is 20.2. The molecular weight excluding hydrogens is 494 g/mol. The Morgan fingerprint density at radius 3 is 2.37 bits per heavy atom. The van der Waals surface area contributed by atoms with Crippen molar-refractivity contribution >= 4 is 35.0 Å². The second-order valence-corrected chi connectivity index (χ2v) is 8.56. The third kappa shape index (κ3) is 5.30. The van der Waals surface area contributed by atoms with E-state index in [1.165, 1.54) is 17.8 Å². The normalized spacial score (nSPS) is 18.7. The number of carbonyl (C=O) groups excluding carboxylic acids is 3.